The van der Waals surface area contributed by atoms with Crippen molar-refractivity contribution in [1.82, 2.24) is 4.90 Å². The average Bonchev–Trinajstić information content (AvgIpc) is 2.97. The molecule has 2 N–H and O–H groups in total. The summed E-state index contributed by atoms with van der Waals surface area (Å²) in [6, 6.07) is 0. The van der Waals surface area contributed by atoms with Crippen LogP contribution in [-0.4, -0.2) is 30.1 Å². The van der Waals surface area contributed by atoms with Crippen molar-refractivity contribution >= 4 is 0 Å². The van der Waals surface area contributed by atoms with E-state index in [1.54, 1.807) is 0 Å². The molecule has 0 spiro atoms. The number of nitrogens with two attached hydrogens (primary N) is 1. The van der Waals surface area contributed by atoms with E-state index in [0.717, 1.165) is 18.4 Å². The normalized spacial score (nSPS) is 30.5. The van der Waals surface area contributed by atoms with Crippen LogP contribution in [0.25, 0.3) is 0 Å². The first-order valence-corrected chi connectivity index (χ1v) is 7.39. The summed E-state index contributed by atoms with van der Waals surface area (Å²) in [6.45, 7) is 12.9. The monoisotopic (exact) mass is 238 g/mol. The molecule has 0 aromatic rings. The van der Waals surface area contributed by atoms with E-state index in [2.05, 4.69) is 32.6 Å². The van der Waals surface area contributed by atoms with Gasteiger partial charge in [-0.25, -0.2) is 0 Å². The molecule has 2 unspecified atom stereocenters. The minimum Gasteiger partial charge on any atom is -0.329 e. The topological polar surface area (TPSA) is 29.3 Å². The number of hydrogen-bond acceptors (Lipinski definition) is 2. The lowest BCUT2D eigenvalue weighted by Crippen LogP contribution is -2.54. The first-order valence-electron chi connectivity index (χ1n) is 7.39. The molecule has 2 aliphatic rings. The van der Waals surface area contributed by atoms with Gasteiger partial charge in [0, 0.05) is 18.6 Å². The number of likely N-dealkylation sites (tertiary alicyclic amines) is 1. The molecule has 2 rings (SSSR count). The molecule has 1 saturated heterocycles. The third-order valence-corrected chi connectivity index (χ3v) is 5.35. The minimum absolute atomic E-state index is 0.333. The molecule has 1 heterocycles. The SMILES string of the molecule is CCC(CN)(C1CC1)N1CCC(C(C)(C)C)C1. The highest BCUT2D eigenvalue weighted by molar-refractivity contribution is 5.05. The van der Waals surface area contributed by atoms with Crippen molar-refractivity contribution in [1.29, 1.82) is 0 Å². The van der Waals surface area contributed by atoms with Crippen LogP contribution in [0.1, 0.15) is 53.4 Å². The van der Waals surface area contributed by atoms with Crippen molar-refractivity contribution in [2.75, 3.05) is 19.6 Å². The number of hydrogen-bond donors (Lipinski definition) is 1. The first kappa shape index (κ1) is 13.4. The quantitative estimate of drug-likeness (QED) is 0.816. The van der Waals surface area contributed by atoms with Crippen LogP contribution in [-0.2, 0) is 0 Å². The molecule has 0 aromatic carbocycles. The largest absolute Gasteiger partial charge is 0.329 e. The van der Waals surface area contributed by atoms with Gasteiger partial charge in [-0.15, -0.1) is 0 Å². The Hall–Kier alpha value is -0.0800. The van der Waals surface area contributed by atoms with Crippen LogP contribution < -0.4 is 5.73 Å². The van der Waals surface area contributed by atoms with Gasteiger partial charge in [0.2, 0.25) is 0 Å². The van der Waals surface area contributed by atoms with Gasteiger partial charge in [-0.3, -0.25) is 4.90 Å². The number of rotatable bonds is 4. The van der Waals surface area contributed by atoms with E-state index in [9.17, 15) is 0 Å². The van der Waals surface area contributed by atoms with Crippen LogP contribution in [0.15, 0.2) is 0 Å². The molecule has 0 amide bonds. The summed E-state index contributed by atoms with van der Waals surface area (Å²) in [5.74, 6) is 1.73. The highest BCUT2D eigenvalue weighted by Crippen LogP contribution is 2.47. The van der Waals surface area contributed by atoms with E-state index in [4.69, 9.17) is 5.73 Å². The average molecular weight is 238 g/mol. The molecule has 1 aliphatic carbocycles. The third-order valence-electron chi connectivity index (χ3n) is 5.35. The van der Waals surface area contributed by atoms with Gasteiger partial charge in [-0.05, 0) is 49.5 Å². The van der Waals surface area contributed by atoms with Crippen LogP contribution in [0.3, 0.4) is 0 Å². The Bertz CT molecular complexity index is 259. The lowest BCUT2D eigenvalue weighted by atomic mass is 9.80. The van der Waals surface area contributed by atoms with Gasteiger partial charge in [0.15, 0.2) is 0 Å². The molecular weight excluding hydrogens is 208 g/mol. The van der Waals surface area contributed by atoms with E-state index >= 15 is 0 Å². The summed E-state index contributed by atoms with van der Waals surface area (Å²) in [5.41, 5.74) is 6.94. The molecule has 2 atom stereocenters. The molecule has 100 valence electrons. The van der Waals surface area contributed by atoms with E-state index in [-0.39, 0.29) is 0 Å². The zero-order valence-corrected chi connectivity index (χ0v) is 12.1. The van der Waals surface area contributed by atoms with Crippen molar-refractivity contribution in [2.45, 2.75) is 58.9 Å². The Labute approximate surface area is 107 Å². The van der Waals surface area contributed by atoms with Crippen LogP contribution in [0, 0.1) is 17.3 Å². The van der Waals surface area contributed by atoms with Crippen molar-refractivity contribution < 1.29 is 0 Å². The zero-order chi connectivity index (χ0) is 12.7. The van der Waals surface area contributed by atoms with E-state index in [1.165, 1.54) is 38.8 Å². The number of nitrogens with zero attached hydrogens (tertiary/aromatic N) is 1. The van der Waals surface area contributed by atoms with Crippen LogP contribution >= 0.6 is 0 Å². The highest BCUT2D eigenvalue weighted by Gasteiger charge is 2.49. The fraction of sp³-hybridized carbons (Fsp3) is 1.00. The maximum Gasteiger partial charge on any atom is 0.0357 e. The fourth-order valence-corrected chi connectivity index (χ4v) is 3.70. The van der Waals surface area contributed by atoms with Crippen molar-refractivity contribution in [3.8, 4) is 0 Å². The van der Waals surface area contributed by atoms with E-state index < -0.39 is 0 Å². The molecule has 17 heavy (non-hydrogen) atoms. The summed E-state index contributed by atoms with van der Waals surface area (Å²) >= 11 is 0. The molecule has 1 saturated carbocycles. The van der Waals surface area contributed by atoms with Crippen molar-refractivity contribution in [3.63, 3.8) is 0 Å². The van der Waals surface area contributed by atoms with Crippen molar-refractivity contribution in [2.24, 2.45) is 23.0 Å². The predicted molar refractivity (Wildman–Crippen MR) is 73.9 cm³/mol. The predicted octanol–water partition coefficient (Wildman–Crippen LogP) is 2.87. The maximum atomic E-state index is 6.15. The van der Waals surface area contributed by atoms with Crippen LogP contribution in [0.4, 0.5) is 0 Å². The van der Waals surface area contributed by atoms with Gasteiger partial charge < -0.3 is 5.73 Å². The first-order chi connectivity index (χ1) is 7.94. The lowest BCUT2D eigenvalue weighted by molar-refractivity contribution is 0.0816. The summed E-state index contributed by atoms with van der Waals surface area (Å²) in [6.07, 6.45) is 5.40. The summed E-state index contributed by atoms with van der Waals surface area (Å²) < 4.78 is 0. The molecule has 0 aromatic heterocycles. The van der Waals surface area contributed by atoms with Crippen LogP contribution in [0.2, 0.25) is 0 Å². The highest BCUT2D eigenvalue weighted by atomic mass is 15.2. The van der Waals surface area contributed by atoms with Crippen LogP contribution in [0.5, 0.6) is 0 Å². The van der Waals surface area contributed by atoms with Gasteiger partial charge in [-0.2, -0.15) is 0 Å². The summed E-state index contributed by atoms with van der Waals surface area (Å²) in [5, 5.41) is 0. The Balaban J connectivity index is 2.07. The van der Waals surface area contributed by atoms with Gasteiger partial charge in [-0.1, -0.05) is 27.7 Å². The molecule has 0 radical (unpaired) electrons. The standard InChI is InChI=1S/C15H30N2/c1-5-15(11-16,12-6-7-12)17-9-8-13(10-17)14(2,3)4/h12-13H,5-11,16H2,1-4H3. The van der Waals surface area contributed by atoms with Gasteiger partial charge >= 0.3 is 0 Å². The van der Waals surface area contributed by atoms with Gasteiger partial charge in [0.05, 0.1) is 0 Å². The fourth-order valence-electron chi connectivity index (χ4n) is 3.70. The minimum atomic E-state index is 0.333. The van der Waals surface area contributed by atoms with Gasteiger partial charge in [0.1, 0.15) is 0 Å². The smallest absolute Gasteiger partial charge is 0.0357 e. The molecule has 1 aliphatic heterocycles. The Morgan fingerprint density at radius 2 is 1.76 bits per heavy atom. The Morgan fingerprint density at radius 1 is 1.12 bits per heavy atom. The second kappa shape index (κ2) is 4.55. The third kappa shape index (κ3) is 2.39. The molecule has 0 bridgehead atoms. The van der Waals surface area contributed by atoms with Crippen molar-refractivity contribution in [3.05, 3.63) is 0 Å². The molecule has 2 fully saturated rings. The molecule has 2 nitrogen and oxygen atoms in total. The lowest BCUT2D eigenvalue weighted by Gasteiger charge is -2.42. The summed E-state index contributed by atoms with van der Waals surface area (Å²) in [4.78, 5) is 2.74. The maximum absolute atomic E-state index is 6.15. The molecular formula is C15H30N2. The van der Waals surface area contributed by atoms with E-state index in [1.807, 2.05) is 0 Å². The Morgan fingerprint density at radius 3 is 2.12 bits per heavy atom. The van der Waals surface area contributed by atoms with E-state index in [0.29, 0.717) is 11.0 Å². The zero-order valence-electron chi connectivity index (χ0n) is 12.1. The summed E-state index contributed by atoms with van der Waals surface area (Å²) in [7, 11) is 0. The molecule has 2 heteroatoms. The second-order valence-electron chi connectivity index (χ2n) is 7.23. The van der Waals surface area contributed by atoms with Gasteiger partial charge in [0.25, 0.3) is 0 Å². The second-order valence-corrected chi connectivity index (χ2v) is 7.23. The Kier molecular flexibility index (Phi) is 3.57.